The predicted molar refractivity (Wildman–Crippen MR) is 76.9 cm³/mol. The normalized spacial score (nSPS) is 10.5. The topological polar surface area (TPSA) is 26.0 Å². The van der Waals surface area contributed by atoms with Crippen molar-refractivity contribution in [3.05, 3.63) is 58.1 Å². The monoisotopic (exact) mass is 283 g/mol. The highest BCUT2D eigenvalue weighted by atomic mass is 35.5. The van der Waals surface area contributed by atoms with Crippen molar-refractivity contribution >= 4 is 40.7 Å². The van der Waals surface area contributed by atoms with Crippen molar-refractivity contribution in [2.45, 2.75) is 10.6 Å². The zero-order valence-corrected chi connectivity index (χ0v) is 11.3. The number of nitrogen functional groups attached to an aromatic ring is 1. The fraction of sp³-hybridized carbons (Fsp3) is 0.0769. The molecular formula is C13H11Cl2NS. The Labute approximate surface area is 115 Å². The molecule has 0 radical (unpaired) electrons. The van der Waals surface area contributed by atoms with Crippen LogP contribution in [-0.4, -0.2) is 0 Å². The number of thioether (sulfide) groups is 1. The molecule has 0 amide bonds. The van der Waals surface area contributed by atoms with E-state index in [4.69, 9.17) is 28.9 Å². The zero-order valence-electron chi connectivity index (χ0n) is 8.99. The molecule has 17 heavy (non-hydrogen) atoms. The Morgan fingerprint density at radius 2 is 1.88 bits per heavy atom. The van der Waals surface area contributed by atoms with Crippen molar-refractivity contribution in [2.75, 3.05) is 5.73 Å². The first-order chi connectivity index (χ1) is 8.15. The molecule has 0 bridgehead atoms. The van der Waals surface area contributed by atoms with E-state index in [0.29, 0.717) is 10.0 Å². The molecule has 0 aliphatic heterocycles. The van der Waals surface area contributed by atoms with Gasteiger partial charge in [0.25, 0.3) is 0 Å². The van der Waals surface area contributed by atoms with E-state index in [1.807, 2.05) is 36.4 Å². The van der Waals surface area contributed by atoms with Gasteiger partial charge in [0.05, 0.1) is 0 Å². The fourth-order valence-corrected chi connectivity index (χ4v) is 2.93. The van der Waals surface area contributed by atoms with E-state index in [1.165, 1.54) is 0 Å². The minimum atomic E-state index is 0.660. The standard InChI is InChI=1S/C13H11Cl2NS/c14-10-5-4-9(13(15)6-10)8-17-12-3-1-2-11(16)7-12/h1-7H,8,16H2. The molecule has 2 aromatic rings. The molecule has 0 atom stereocenters. The molecule has 0 saturated heterocycles. The van der Waals surface area contributed by atoms with E-state index in [2.05, 4.69) is 0 Å². The number of rotatable bonds is 3. The van der Waals surface area contributed by atoms with E-state index in [-0.39, 0.29) is 0 Å². The van der Waals surface area contributed by atoms with Crippen molar-refractivity contribution in [2.24, 2.45) is 0 Å². The van der Waals surface area contributed by atoms with Crippen molar-refractivity contribution in [1.29, 1.82) is 0 Å². The first kappa shape index (κ1) is 12.6. The quantitative estimate of drug-likeness (QED) is 0.643. The first-order valence-corrected chi connectivity index (χ1v) is 6.81. The van der Waals surface area contributed by atoms with E-state index in [9.17, 15) is 0 Å². The second kappa shape index (κ2) is 5.67. The molecule has 4 heteroatoms. The highest BCUT2D eigenvalue weighted by Crippen LogP contribution is 2.29. The third-order valence-corrected chi connectivity index (χ3v) is 3.90. The van der Waals surface area contributed by atoms with Crippen molar-refractivity contribution < 1.29 is 0 Å². The highest BCUT2D eigenvalue weighted by molar-refractivity contribution is 7.98. The number of halogens is 2. The van der Waals surface area contributed by atoms with Gasteiger partial charge in [0.15, 0.2) is 0 Å². The molecule has 0 spiro atoms. The summed E-state index contributed by atoms with van der Waals surface area (Å²) < 4.78 is 0. The van der Waals surface area contributed by atoms with Crippen LogP contribution in [0.3, 0.4) is 0 Å². The summed E-state index contributed by atoms with van der Waals surface area (Å²) in [5.41, 5.74) is 7.57. The smallest absolute Gasteiger partial charge is 0.0461 e. The second-order valence-electron chi connectivity index (χ2n) is 3.60. The molecule has 0 fully saturated rings. The van der Waals surface area contributed by atoms with Gasteiger partial charge in [-0.3, -0.25) is 0 Å². The van der Waals surface area contributed by atoms with E-state index < -0.39 is 0 Å². The molecular weight excluding hydrogens is 273 g/mol. The van der Waals surface area contributed by atoms with Crippen LogP contribution in [0.4, 0.5) is 5.69 Å². The summed E-state index contributed by atoms with van der Waals surface area (Å²) in [5, 5.41) is 1.36. The molecule has 2 N–H and O–H groups in total. The van der Waals surface area contributed by atoms with Crippen LogP contribution in [-0.2, 0) is 5.75 Å². The summed E-state index contributed by atoms with van der Waals surface area (Å²) in [4.78, 5) is 1.14. The molecule has 0 heterocycles. The van der Waals surface area contributed by atoms with Crippen LogP contribution >= 0.6 is 35.0 Å². The molecule has 0 saturated carbocycles. The van der Waals surface area contributed by atoms with Crippen molar-refractivity contribution in [3.63, 3.8) is 0 Å². The van der Waals surface area contributed by atoms with Gasteiger partial charge in [-0.2, -0.15) is 0 Å². The van der Waals surface area contributed by atoms with Gasteiger partial charge in [0, 0.05) is 26.4 Å². The van der Waals surface area contributed by atoms with Gasteiger partial charge in [0.2, 0.25) is 0 Å². The van der Waals surface area contributed by atoms with Crippen molar-refractivity contribution in [3.8, 4) is 0 Å². The van der Waals surface area contributed by atoms with E-state index >= 15 is 0 Å². The summed E-state index contributed by atoms with van der Waals surface area (Å²) in [5.74, 6) is 0.805. The number of benzene rings is 2. The predicted octanol–water partition coefficient (Wildman–Crippen LogP) is 4.87. The summed E-state index contributed by atoms with van der Waals surface area (Å²) >= 11 is 13.7. The van der Waals surface area contributed by atoms with Gasteiger partial charge in [-0.25, -0.2) is 0 Å². The first-order valence-electron chi connectivity index (χ1n) is 5.07. The third-order valence-electron chi connectivity index (χ3n) is 2.27. The van der Waals surface area contributed by atoms with Crippen LogP contribution in [0.1, 0.15) is 5.56 Å². The molecule has 0 aromatic heterocycles. The fourth-order valence-electron chi connectivity index (χ4n) is 1.40. The lowest BCUT2D eigenvalue weighted by Gasteiger charge is -2.05. The zero-order chi connectivity index (χ0) is 12.3. The summed E-state index contributed by atoms with van der Waals surface area (Å²) in [6, 6.07) is 13.4. The van der Waals surface area contributed by atoms with Gasteiger partial charge < -0.3 is 5.73 Å². The maximum absolute atomic E-state index is 6.10. The summed E-state index contributed by atoms with van der Waals surface area (Å²) in [7, 11) is 0. The van der Waals surface area contributed by atoms with Crippen LogP contribution in [0.5, 0.6) is 0 Å². The molecule has 0 aliphatic rings. The SMILES string of the molecule is Nc1cccc(SCc2ccc(Cl)cc2Cl)c1. The van der Waals surface area contributed by atoms with E-state index in [1.54, 1.807) is 17.8 Å². The van der Waals surface area contributed by atoms with Gasteiger partial charge in [-0.05, 0) is 35.9 Å². The lowest BCUT2D eigenvalue weighted by molar-refractivity contribution is 1.38. The van der Waals surface area contributed by atoms with Crippen LogP contribution < -0.4 is 5.73 Å². The average Bonchev–Trinajstić information content (AvgIpc) is 2.28. The third kappa shape index (κ3) is 3.56. The number of anilines is 1. The van der Waals surface area contributed by atoms with Gasteiger partial charge in [-0.1, -0.05) is 35.3 Å². The van der Waals surface area contributed by atoms with Crippen LogP contribution in [0, 0.1) is 0 Å². The Hall–Kier alpha value is -0.830. The largest absolute Gasteiger partial charge is 0.399 e. The molecule has 0 aliphatic carbocycles. The Morgan fingerprint density at radius 1 is 1.06 bits per heavy atom. The minimum absolute atomic E-state index is 0.660. The molecule has 88 valence electrons. The maximum atomic E-state index is 6.10. The van der Waals surface area contributed by atoms with Crippen molar-refractivity contribution in [1.82, 2.24) is 0 Å². The molecule has 2 aromatic carbocycles. The van der Waals surface area contributed by atoms with Crippen LogP contribution in [0.2, 0.25) is 10.0 Å². The lowest BCUT2D eigenvalue weighted by Crippen LogP contribution is -1.85. The van der Waals surface area contributed by atoms with Crippen LogP contribution in [0.15, 0.2) is 47.4 Å². The Morgan fingerprint density at radius 3 is 2.59 bits per heavy atom. The second-order valence-corrected chi connectivity index (χ2v) is 5.49. The molecule has 2 rings (SSSR count). The van der Waals surface area contributed by atoms with Gasteiger partial charge in [-0.15, -0.1) is 11.8 Å². The van der Waals surface area contributed by atoms with Gasteiger partial charge >= 0.3 is 0 Å². The maximum Gasteiger partial charge on any atom is 0.0461 e. The summed E-state index contributed by atoms with van der Waals surface area (Å²) in [6.07, 6.45) is 0. The van der Waals surface area contributed by atoms with E-state index in [0.717, 1.165) is 21.9 Å². The Kier molecular flexibility index (Phi) is 4.21. The average molecular weight is 284 g/mol. The Balaban J connectivity index is 2.07. The van der Waals surface area contributed by atoms with Gasteiger partial charge in [0.1, 0.15) is 0 Å². The number of hydrogen-bond acceptors (Lipinski definition) is 2. The summed E-state index contributed by atoms with van der Waals surface area (Å²) in [6.45, 7) is 0. The number of hydrogen-bond donors (Lipinski definition) is 1. The highest BCUT2D eigenvalue weighted by Gasteiger charge is 2.02. The lowest BCUT2D eigenvalue weighted by atomic mass is 10.2. The molecule has 0 unspecified atom stereocenters. The number of nitrogens with two attached hydrogens (primary N) is 1. The minimum Gasteiger partial charge on any atom is -0.399 e. The Bertz CT molecular complexity index is 529. The van der Waals surface area contributed by atoms with Crippen LogP contribution in [0.25, 0.3) is 0 Å². The molecule has 1 nitrogen and oxygen atoms in total.